The molecule has 0 spiro atoms. The van der Waals surface area contributed by atoms with Crippen LogP contribution in [-0.2, 0) is 45.1 Å². The first-order chi connectivity index (χ1) is 30.2. The number of carboxylic acid groups (broad SMARTS) is 2. The van der Waals surface area contributed by atoms with Gasteiger partial charge in [0.05, 0.1) is 13.2 Å². The molecule has 0 radical (unpaired) electrons. The lowest BCUT2D eigenvalue weighted by atomic mass is 9.75. The van der Waals surface area contributed by atoms with Crippen LogP contribution in [0.15, 0.2) is 48.5 Å². The number of hydrogen-bond donors (Lipinski definition) is 2. The Labute approximate surface area is 379 Å². The molecule has 350 valence electrons. The Morgan fingerprint density at radius 2 is 0.710 bits per heavy atom. The van der Waals surface area contributed by atoms with E-state index in [0.717, 1.165) is 47.6 Å². The van der Waals surface area contributed by atoms with Crippen LogP contribution < -0.4 is 0 Å². The van der Waals surface area contributed by atoms with Gasteiger partial charge in [0.2, 0.25) is 11.2 Å². The number of unbranched alkanes of at least 4 members (excludes halogenated alkanes) is 8. The smallest absolute Gasteiger partial charge is 0.339 e. The van der Waals surface area contributed by atoms with Crippen LogP contribution in [0.25, 0.3) is 0 Å². The molecule has 2 fully saturated rings. The summed E-state index contributed by atoms with van der Waals surface area (Å²) in [4.78, 5) is 27.0. The van der Waals surface area contributed by atoms with Gasteiger partial charge >= 0.3 is 11.9 Å². The molecule has 0 saturated heterocycles. The topological polar surface area (TPSA) is 93.1 Å². The number of ether oxygens (including phenoxy) is 2. The maximum atomic E-state index is 13.5. The normalized spacial score (nSPS) is 21.3. The fraction of sp³-hybridized carbons (Fsp3) is 0.750. The number of carbonyl (C=O) groups is 2. The average Bonchev–Trinajstić information content (AvgIpc) is 3.29. The van der Waals surface area contributed by atoms with Crippen molar-refractivity contribution in [2.45, 2.75) is 245 Å². The summed E-state index contributed by atoms with van der Waals surface area (Å²) in [6.07, 6.45) is 34.5. The molecule has 2 aliphatic carbocycles. The summed E-state index contributed by atoms with van der Waals surface area (Å²) in [5.74, 6) is 1.15. The summed E-state index contributed by atoms with van der Waals surface area (Å²) in [5.41, 5.74) is 0.0827. The van der Waals surface area contributed by atoms with Crippen LogP contribution in [-0.4, -0.2) is 33.4 Å². The van der Waals surface area contributed by atoms with Gasteiger partial charge < -0.3 is 19.7 Å². The third-order valence-corrected chi connectivity index (χ3v) is 15.1. The van der Waals surface area contributed by atoms with E-state index in [-0.39, 0.29) is 26.1 Å². The number of carboxylic acids is 2. The van der Waals surface area contributed by atoms with E-state index in [0.29, 0.717) is 25.7 Å². The van der Waals surface area contributed by atoms with E-state index < -0.39 is 23.1 Å². The van der Waals surface area contributed by atoms with Crippen molar-refractivity contribution in [1.82, 2.24) is 0 Å². The van der Waals surface area contributed by atoms with Gasteiger partial charge in [-0.2, -0.15) is 0 Å². The number of hydrogen-bond acceptors (Lipinski definition) is 4. The van der Waals surface area contributed by atoms with Gasteiger partial charge in [-0.15, -0.1) is 0 Å². The van der Waals surface area contributed by atoms with Crippen LogP contribution in [0.1, 0.15) is 230 Å². The van der Waals surface area contributed by atoms with Crippen molar-refractivity contribution >= 4 is 11.9 Å². The van der Waals surface area contributed by atoms with Crippen molar-refractivity contribution in [3.8, 4) is 0 Å². The van der Waals surface area contributed by atoms with Gasteiger partial charge in [-0.1, -0.05) is 230 Å². The highest BCUT2D eigenvalue weighted by Crippen LogP contribution is 2.42. The van der Waals surface area contributed by atoms with E-state index in [1.165, 1.54) is 152 Å². The quantitative estimate of drug-likeness (QED) is 0.0695. The van der Waals surface area contributed by atoms with Gasteiger partial charge in [0, 0.05) is 0 Å². The monoisotopic (exact) mass is 859 g/mol. The molecule has 0 amide bonds. The van der Waals surface area contributed by atoms with Crippen LogP contribution in [0.5, 0.6) is 0 Å². The van der Waals surface area contributed by atoms with Gasteiger partial charge in [0.1, 0.15) is 0 Å². The Bertz CT molecular complexity index is 1370. The van der Waals surface area contributed by atoms with Gasteiger partial charge in [-0.3, -0.25) is 0 Å². The lowest BCUT2D eigenvalue weighted by molar-refractivity contribution is -0.241. The lowest BCUT2D eigenvalue weighted by Gasteiger charge is -2.44. The average molecular weight is 859 g/mol. The molecule has 2 saturated carbocycles. The molecule has 6 nitrogen and oxygen atoms in total. The summed E-state index contributed by atoms with van der Waals surface area (Å²) >= 11 is 0. The number of aryl methyl sites for hydroxylation is 2. The fourth-order valence-corrected chi connectivity index (χ4v) is 10.8. The lowest BCUT2D eigenvalue weighted by Crippen LogP contribution is -2.66. The van der Waals surface area contributed by atoms with Crippen LogP contribution in [0.2, 0.25) is 0 Å². The molecule has 2 aliphatic rings. The Balaban J connectivity index is 1.31. The first-order valence-corrected chi connectivity index (χ1v) is 26.1. The van der Waals surface area contributed by atoms with Crippen molar-refractivity contribution in [3.63, 3.8) is 0 Å². The van der Waals surface area contributed by atoms with Gasteiger partial charge in [0.15, 0.2) is 0 Å². The van der Waals surface area contributed by atoms with E-state index in [1.54, 1.807) is 0 Å². The Kier molecular flexibility index (Phi) is 24.3. The minimum absolute atomic E-state index is 0.00304. The first kappa shape index (κ1) is 51.9. The second-order valence-corrected chi connectivity index (χ2v) is 19.9. The van der Waals surface area contributed by atoms with Gasteiger partial charge in [0.25, 0.3) is 0 Å². The molecule has 2 aromatic rings. The fourth-order valence-electron chi connectivity index (χ4n) is 10.8. The number of rotatable bonds is 33. The van der Waals surface area contributed by atoms with Crippen LogP contribution >= 0.6 is 0 Å². The van der Waals surface area contributed by atoms with E-state index in [2.05, 4.69) is 38.1 Å². The van der Waals surface area contributed by atoms with E-state index >= 15 is 0 Å². The molecule has 0 aromatic heterocycles. The Hall–Kier alpha value is -2.70. The van der Waals surface area contributed by atoms with Gasteiger partial charge in [-0.05, 0) is 84.5 Å². The molecule has 2 aromatic carbocycles. The SMILES string of the molecule is CCCCCC1CCC(CCCCc2ccc(CO[C@@](CCCC)(C(=O)O)[C@@](CCCC)(OCc3ccc(CCCCC4CCC(CCCCC)CC4)cc3)C(=O)O)cc2)CC1. The van der Waals surface area contributed by atoms with Crippen LogP contribution in [0, 0.1) is 23.7 Å². The zero-order valence-corrected chi connectivity index (χ0v) is 40.1. The molecule has 2 N–H and O–H groups in total. The first-order valence-electron chi connectivity index (χ1n) is 26.1. The second-order valence-electron chi connectivity index (χ2n) is 19.9. The zero-order chi connectivity index (χ0) is 44.5. The van der Waals surface area contributed by atoms with Crippen molar-refractivity contribution < 1.29 is 29.3 Å². The van der Waals surface area contributed by atoms with Crippen molar-refractivity contribution in [2.24, 2.45) is 23.7 Å². The third kappa shape index (κ3) is 16.7. The van der Waals surface area contributed by atoms with Crippen molar-refractivity contribution in [1.29, 1.82) is 0 Å². The maximum Gasteiger partial charge on any atom is 0.339 e. The Morgan fingerprint density at radius 1 is 0.435 bits per heavy atom. The highest BCUT2D eigenvalue weighted by molar-refractivity contribution is 5.91. The maximum absolute atomic E-state index is 13.5. The van der Waals surface area contributed by atoms with Gasteiger partial charge in [-0.25, -0.2) is 9.59 Å². The summed E-state index contributed by atoms with van der Waals surface area (Å²) < 4.78 is 12.9. The zero-order valence-electron chi connectivity index (χ0n) is 40.1. The largest absolute Gasteiger partial charge is 0.479 e. The molecule has 6 heteroatoms. The number of aliphatic carboxylic acids is 2. The number of benzene rings is 2. The molecule has 4 rings (SSSR count). The van der Waals surface area contributed by atoms with E-state index in [1.807, 2.05) is 38.1 Å². The molecule has 0 bridgehead atoms. The van der Waals surface area contributed by atoms with Crippen LogP contribution in [0.4, 0.5) is 0 Å². The molecular weight excluding hydrogens is 769 g/mol. The molecule has 0 aliphatic heterocycles. The summed E-state index contributed by atoms with van der Waals surface area (Å²) in [5, 5.41) is 22.1. The highest BCUT2D eigenvalue weighted by Gasteiger charge is 2.63. The van der Waals surface area contributed by atoms with Crippen molar-refractivity contribution in [3.05, 3.63) is 70.8 Å². The molecule has 0 unspecified atom stereocenters. The Morgan fingerprint density at radius 3 is 0.984 bits per heavy atom. The summed E-state index contributed by atoms with van der Waals surface area (Å²) in [7, 11) is 0. The third-order valence-electron chi connectivity index (χ3n) is 15.1. The van der Waals surface area contributed by atoms with Crippen LogP contribution in [0.3, 0.4) is 0 Å². The predicted molar refractivity (Wildman–Crippen MR) is 257 cm³/mol. The minimum atomic E-state index is -2.06. The molecule has 2 atom stereocenters. The molecule has 62 heavy (non-hydrogen) atoms. The predicted octanol–water partition coefficient (Wildman–Crippen LogP) is 15.6. The second kappa shape index (κ2) is 29.0. The summed E-state index contributed by atoms with van der Waals surface area (Å²) in [6.45, 7) is 8.55. The van der Waals surface area contributed by atoms with Crippen molar-refractivity contribution in [2.75, 3.05) is 0 Å². The van der Waals surface area contributed by atoms with E-state index in [9.17, 15) is 19.8 Å². The standard InChI is InChI=1S/C56H90O6/c1-5-9-13-19-45-25-29-47(30-26-45)21-15-17-23-49-33-37-51(38-34-49)43-61-55(53(57)58,41-11-7-3)56(54(59)60,42-12-8-4)62-44-52-39-35-50(36-40-52)24-18-16-22-48-31-27-46(28-32-48)20-14-10-6-2/h33-40,45-48H,5-32,41-44H2,1-4H3,(H,57,58)(H,59,60)/t45?,46?,47?,48?,55-,56-/m0/s1. The highest BCUT2D eigenvalue weighted by atomic mass is 16.6. The molecule has 0 heterocycles. The summed E-state index contributed by atoms with van der Waals surface area (Å²) in [6, 6.07) is 16.5. The minimum Gasteiger partial charge on any atom is -0.479 e. The molecular formula is C56H90O6. The van der Waals surface area contributed by atoms with E-state index in [4.69, 9.17) is 9.47 Å².